The quantitative estimate of drug-likeness (QED) is 0.173. The van der Waals surface area contributed by atoms with E-state index >= 15 is 0 Å². The molecule has 0 amide bonds. The highest BCUT2D eigenvalue weighted by Gasteiger charge is 2.39. The summed E-state index contributed by atoms with van der Waals surface area (Å²) in [6.07, 6.45) is 1.38. The molecular formula is C35H49NO4Si. The van der Waals surface area contributed by atoms with Crippen LogP contribution in [0.3, 0.4) is 0 Å². The molecule has 0 spiro atoms. The fraction of sp³-hybridized carbons (Fsp3) is 0.486. The van der Waals surface area contributed by atoms with Crippen LogP contribution in [-0.2, 0) is 38.3 Å². The molecule has 0 saturated carbocycles. The van der Waals surface area contributed by atoms with E-state index in [4.69, 9.17) is 18.6 Å². The summed E-state index contributed by atoms with van der Waals surface area (Å²) in [7, 11) is -2.01. The van der Waals surface area contributed by atoms with Crippen LogP contribution in [-0.4, -0.2) is 51.5 Å². The van der Waals surface area contributed by atoms with Gasteiger partial charge in [0.15, 0.2) is 14.6 Å². The summed E-state index contributed by atoms with van der Waals surface area (Å²) in [6, 6.07) is 32.0. The summed E-state index contributed by atoms with van der Waals surface area (Å²) in [5.74, 6) is 0. The number of hydrogen-bond acceptors (Lipinski definition) is 5. The number of ether oxygens (including phenoxy) is 3. The van der Waals surface area contributed by atoms with E-state index in [1.165, 1.54) is 16.7 Å². The second-order valence-corrected chi connectivity index (χ2v) is 17.4. The van der Waals surface area contributed by atoms with Crippen molar-refractivity contribution in [2.24, 2.45) is 0 Å². The molecule has 41 heavy (non-hydrogen) atoms. The van der Waals surface area contributed by atoms with Crippen molar-refractivity contribution in [1.29, 1.82) is 0 Å². The second-order valence-electron chi connectivity index (χ2n) is 12.6. The Hall–Kier alpha value is -2.32. The van der Waals surface area contributed by atoms with Gasteiger partial charge in [0, 0.05) is 19.5 Å². The normalized spacial score (nSPS) is 16.2. The van der Waals surface area contributed by atoms with E-state index in [0.29, 0.717) is 26.4 Å². The molecule has 222 valence electrons. The Morgan fingerprint density at radius 3 is 1.76 bits per heavy atom. The molecule has 2 atom stereocenters. The van der Waals surface area contributed by atoms with Crippen LogP contribution in [0.25, 0.3) is 0 Å². The van der Waals surface area contributed by atoms with Crippen molar-refractivity contribution in [3.63, 3.8) is 0 Å². The van der Waals surface area contributed by atoms with Crippen LogP contribution in [0.1, 0.15) is 50.3 Å². The molecular weight excluding hydrogens is 526 g/mol. The lowest BCUT2D eigenvalue weighted by atomic mass is 10.0. The van der Waals surface area contributed by atoms with Crippen LogP contribution >= 0.6 is 0 Å². The van der Waals surface area contributed by atoms with Crippen LogP contribution in [0.2, 0.25) is 18.1 Å². The summed E-state index contributed by atoms with van der Waals surface area (Å²) in [5, 5.41) is 0.118. The fourth-order valence-corrected chi connectivity index (χ4v) is 5.94. The Kier molecular flexibility index (Phi) is 11.7. The molecule has 3 aromatic carbocycles. The number of nitrogens with zero attached hydrogens (tertiary/aromatic N) is 1. The molecule has 1 heterocycles. The van der Waals surface area contributed by atoms with E-state index in [1.807, 2.05) is 6.07 Å². The van der Waals surface area contributed by atoms with Gasteiger partial charge in [-0.2, -0.15) is 0 Å². The predicted molar refractivity (Wildman–Crippen MR) is 169 cm³/mol. The lowest BCUT2D eigenvalue weighted by Gasteiger charge is -2.42. The third-order valence-corrected chi connectivity index (χ3v) is 13.0. The maximum absolute atomic E-state index is 6.97. The van der Waals surface area contributed by atoms with Crippen molar-refractivity contribution in [3.8, 4) is 0 Å². The minimum atomic E-state index is -2.01. The number of rotatable bonds is 15. The molecule has 1 aliphatic heterocycles. The molecule has 0 N–H and O–H groups in total. The topological polar surface area (TPSA) is 40.2 Å². The Morgan fingerprint density at radius 2 is 1.27 bits per heavy atom. The van der Waals surface area contributed by atoms with Gasteiger partial charge in [-0.25, -0.2) is 0 Å². The monoisotopic (exact) mass is 575 g/mol. The summed E-state index contributed by atoms with van der Waals surface area (Å²) in [4.78, 5) is 2.56. The minimum Gasteiger partial charge on any atom is -0.415 e. The van der Waals surface area contributed by atoms with E-state index in [0.717, 1.165) is 25.9 Å². The predicted octanol–water partition coefficient (Wildman–Crippen LogP) is 7.82. The van der Waals surface area contributed by atoms with Crippen molar-refractivity contribution in [2.75, 3.05) is 19.8 Å². The molecule has 0 aliphatic carbocycles. The first kappa shape index (κ1) is 31.6. The molecule has 5 nitrogen and oxygen atoms in total. The molecule has 3 aromatic rings. The van der Waals surface area contributed by atoms with E-state index in [-0.39, 0.29) is 23.5 Å². The molecule has 0 unspecified atom stereocenters. The molecule has 1 fully saturated rings. The Morgan fingerprint density at radius 1 is 0.780 bits per heavy atom. The van der Waals surface area contributed by atoms with Gasteiger partial charge in [-0.15, -0.1) is 0 Å². The average molecular weight is 576 g/mol. The van der Waals surface area contributed by atoms with Crippen LogP contribution in [0.5, 0.6) is 0 Å². The summed E-state index contributed by atoms with van der Waals surface area (Å²) >= 11 is 0. The number of hydrogen-bond donors (Lipinski definition) is 0. The molecule has 4 rings (SSSR count). The highest BCUT2D eigenvalue weighted by molar-refractivity contribution is 6.74. The van der Waals surface area contributed by atoms with Gasteiger partial charge < -0.3 is 18.6 Å². The van der Waals surface area contributed by atoms with E-state index in [1.54, 1.807) is 0 Å². The molecule has 1 aliphatic rings. The van der Waals surface area contributed by atoms with Gasteiger partial charge in [0.25, 0.3) is 0 Å². The zero-order chi connectivity index (χ0) is 29.1. The largest absolute Gasteiger partial charge is 0.415 e. The Balaban J connectivity index is 1.66. The molecule has 0 radical (unpaired) electrons. The van der Waals surface area contributed by atoms with Crippen molar-refractivity contribution >= 4 is 8.32 Å². The van der Waals surface area contributed by atoms with E-state index in [2.05, 4.69) is 124 Å². The molecule has 1 saturated heterocycles. The SMILES string of the molecule is CC(C)(C)[Si](C)(C)OC[C@@H]([C@@H](CCC1OCCO1)OCc1ccccc1)N(Cc1ccccc1)Cc1ccccc1. The van der Waals surface area contributed by atoms with Crippen molar-refractivity contribution in [2.45, 2.75) is 89.9 Å². The van der Waals surface area contributed by atoms with Crippen LogP contribution in [0.15, 0.2) is 91.0 Å². The maximum Gasteiger partial charge on any atom is 0.192 e. The van der Waals surface area contributed by atoms with Gasteiger partial charge >= 0.3 is 0 Å². The zero-order valence-corrected chi connectivity index (χ0v) is 26.6. The minimum absolute atomic E-state index is 0.0367. The first-order valence-electron chi connectivity index (χ1n) is 15.1. The van der Waals surface area contributed by atoms with Gasteiger partial charge in [0.05, 0.1) is 38.6 Å². The summed E-state index contributed by atoms with van der Waals surface area (Å²) < 4.78 is 25.5. The standard InChI is InChI=1S/C35H49NO4Si/c1-35(2,3)41(4,5)40-28-32(36(25-29-15-9-6-10-16-29)26-30-17-11-7-12-18-30)33(21-22-34-37-23-24-38-34)39-27-31-19-13-8-14-20-31/h6-20,32-34H,21-28H2,1-5H3/t32-,33+/m0/s1. The highest BCUT2D eigenvalue weighted by atomic mass is 28.4. The molecule has 0 aromatic heterocycles. The lowest BCUT2D eigenvalue weighted by Crippen LogP contribution is -2.51. The summed E-state index contributed by atoms with van der Waals surface area (Å²) in [5.41, 5.74) is 3.74. The maximum atomic E-state index is 6.97. The van der Waals surface area contributed by atoms with Gasteiger partial charge in [-0.1, -0.05) is 112 Å². The summed E-state index contributed by atoms with van der Waals surface area (Å²) in [6.45, 7) is 15.7. The average Bonchev–Trinajstić information content (AvgIpc) is 3.49. The Bertz CT molecular complexity index is 1090. The molecule has 6 heteroatoms. The van der Waals surface area contributed by atoms with Gasteiger partial charge in [0.1, 0.15) is 0 Å². The van der Waals surface area contributed by atoms with Crippen LogP contribution in [0, 0.1) is 0 Å². The van der Waals surface area contributed by atoms with E-state index in [9.17, 15) is 0 Å². The van der Waals surface area contributed by atoms with Gasteiger partial charge in [0.2, 0.25) is 0 Å². The Labute approximate surface area is 248 Å². The van der Waals surface area contributed by atoms with Crippen molar-refractivity contribution in [3.05, 3.63) is 108 Å². The first-order valence-corrected chi connectivity index (χ1v) is 18.0. The zero-order valence-electron chi connectivity index (χ0n) is 25.6. The van der Waals surface area contributed by atoms with Crippen molar-refractivity contribution < 1.29 is 18.6 Å². The third kappa shape index (κ3) is 9.88. The number of benzene rings is 3. The smallest absolute Gasteiger partial charge is 0.192 e. The van der Waals surface area contributed by atoms with Crippen molar-refractivity contribution in [1.82, 2.24) is 4.90 Å². The van der Waals surface area contributed by atoms with Crippen LogP contribution in [0.4, 0.5) is 0 Å². The van der Waals surface area contributed by atoms with Crippen LogP contribution < -0.4 is 0 Å². The second kappa shape index (κ2) is 15.2. The van der Waals surface area contributed by atoms with Gasteiger partial charge in [-0.3, -0.25) is 4.90 Å². The third-order valence-electron chi connectivity index (χ3n) is 8.46. The first-order chi connectivity index (χ1) is 19.7. The lowest BCUT2D eigenvalue weighted by molar-refractivity contribution is -0.0818. The fourth-order valence-electron chi connectivity index (χ4n) is 4.92. The highest BCUT2D eigenvalue weighted by Crippen LogP contribution is 2.37. The van der Waals surface area contributed by atoms with E-state index < -0.39 is 8.32 Å². The van der Waals surface area contributed by atoms with Gasteiger partial charge in [-0.05, 0) is 41.2 Å². The molecule has 0 bridgehead atoms.